The summed E-state index contributed by atoms with van der Waals surface area (Å²) in [4.78, 5) is 35.6. The molecule has 0 spiro atoms. The molecule has 0 aliphatic carbocycles. The van der Waals surface area contributed by atoms with Gasteiger partial charge in [0.25, 0.3) is 5.91 Å². The number of aryl methyl sites for hydroxylation is 1. The minimum absolute atomic E-state index is 0. The van der Waals surface area contributed by atoms with Crippen molar-refractivity contribution in [3.05, 3.63) is 51.5 Å². The van der Waals surface area contributed by atoms with Crippen LogP contribution in [0.5, 0.6) is 0 Å². The summed E-state index contributed by atoms with van der Waals surface area (Å²) in [5.41, 5.74) is 1.63. The molecule has 31 heavy (non-hydrogen) atoms. The summed E-state index contributed by atoms with van der Waals surface area (Å²) < 4.78 is 0. The highest BCUT2D eigenvalue weighted by Crippen LogP contribution is 2.13. The number of aromatic nitrogens is 1. The highest BCUT2D eigenvalue weighted by atomic mass is 127. The van der Waals surface area contributed by atoms with Crippen LogP contribution in [-0.4, -0.2) is 60.9 Å². The highest BCUT2D eigenvalue weighted by molar-refractivity contribution is 14.0. The number of halogens is 1. The standard InChI is InChI=1S/C21H28N6O2S.HI/c1-3-17-13-25-19(30-17)8-9-24-21(22-2)26-12-15-4-6-16(7-5-15)20(29)27-11-10-23-18(28)14-27;/h4-7,13H,3,8-12,14H2,1-2H3,(H,23,28)(H2,22,24,26);1H. The zero-order chi connectivity index (χ0) is 21.3. The third-order valence-corrected chi connectivity index (χ3v) is 5.99. The Kier molecular flexibility index (Phi) is 10.2. The molecule has 0 atom stereocenters. The number of hydrogen-bond donors (Lipinski definition) is 3. The maximum atomic E-state index is 12.5. The Bertz CT molecular complexity index is 900. The lowest BCUT2D eigenvalue weighted by Gasteiger charge is -2.26. The second-order valence-corrected chi connectivity index (χ2v) is 8.15. The first-order chi connectivity index (χ1) is 14.6. The van der Waals surface area contributed by atoms with Gasteiger partial charge in [-0.25, -0.2) is 4.98 Å². The molecule has 1 fully saturated rings. The third-order valence-electron chi connectivity index (χ3n) is 4.79. The summed E-state index contributed by atoms with van der Waals surface area (Å²) in [6.07, 6.45) is 3.82. The molecule has 1 aliphatic heterocycles. The van der Waals surface area contributed by atoms with Crippen molar-refractivity contribution < 1.29 is 9.59 Å². The van der Waals surface area contributed by atoms with Crippen molar-refractivity contribution in [3.63, 3.8) is 0 Å². The van der Waals surface area contributed by atoms with Crippen LogP contribution in [0.1, 0.15) is 32.7 Å². The number of carbonyl (C=O) groups excluding carboxylic acids is 2. The number of benzene rings is 1. The SMILES string of the molecule is CCc1cnc(CCNC(=NC)NCc2ccc(C(=O)N3CCNC(=O)C3)cc2)s1.I. The monoisotopic (exact) mass is 556 g/mol. The molecule has 2 amide bonds. The van der Waals surface area contributed by atoms with Gasteiger partial charge in [-0.05, 0) is 24.1 Å². The lowest BCUT2D eigenvalue weighted by Crippen LogP contribution is -2.49. The molecule has 0 saturated carbocycles. The summed E-state index contributed by atoms with van der Waals surface area (Å²) in [6, 6.07) is 7.43. The molecule has 0 unspecified atom stereocenters. The van der Waals surface area contributed by atoms with E-state index in [1.54, 1.807) is 35.4 Å². The Labute approximate surface area is 203 Å². The van der Waals surface area contributed by atoms with Crippen LogP contribution >= 0.6 is 35.3 Å². The average Bonchev–Trinajstić information content (AvgIpc) is 3.24. The van der Waals surface area contributed by atoms with Crippen LogP contribution in [0.4, 0.5) is 0 Å². The topological polar surface area (TPSA) is 98.7 Å². The van der Waals surface area contributed by atoms with Crippen LogP contribution in [0.2, 0.25) is 0 Å². The van der Waals surface area contributed by atoms with Crippen molar-refractivity contribution in [2.24, 2.45) is 4.99 Å². The van der Waals surface area contributed by atoms with E-state index in [2.05, 4.69) is 32.9 Å². The van der Waals surface area contributed by atoms with Gasteiger partial charge in [0.1, 0.15) is 0 Å². The number of amides is 2. The van der Waals surface area contributed by atoms with E-state index in [-0.39, 0.29) is 42.3 Å². The molecule has 2 heterocycles. The van der Waals surface area contributed by atoms with E-state index in [9.17, 15) is 9.59 Å². The lowest BCUT2D eigenvalue weighted by atomic mass is 10.1. The fourth-order valence-electron chi connectivity index (χ4n) is 3.08. The molecule has 10 heteroatoms. The number of nitrogens with one attached hydrogen (secondary N) is 3. The van der Waals surface area contributed by atoms with Gasteiger partial charge < -0.3 is 20.9 Å². The lowest BCUT2D eigenvalue weighted by molar-refractivity contribution is -0.123. The molecule has 3 rings (SSSR count). The van der Waals surface area contributed by atoms with Crippen molar-refractivity contribution in [2.75, 3.05) is 33.2 Å². The smallest absolute Gasteiger partial charge is 0.254 e. The summed E-state index contributed by atoms with van der Waals surface area (Å²) in [7, 11) is 1.74. The second kappa shape index (κ2) is 12.6. The third kappa shape index (κ3) is 7.46. The van der Waals surface area contributed by atoms with Gasteiger partial charge in [0.05, 0.1) is 11.6 Å². The number of rotatable bonds is 7. The quantitative estimate of drug-likeness (QED) is 0.275. The van der Waals surface area contributed by atoms with Crippen molar-refractivity contribution in [3.8, 4) is 0 Å². The van der Waals surface area contributed by atoms with Crippen LogP contribution in [0.3, 0.4) is 0 Å². The predicted octanol–water partition coefficient (Wildman–Crippen LogP) is 1.80. The fourth-order valence-corrected chi connectivity index (χ4v) is 3.94. The van der Waals surface area contributed by atoms with E-state index in [0.29, 0.717) is 25.2 Å². The summed E-state index contributed by atoms with van der Waals surface area (Å²) in [5, 5.41) is 10.4. The van der Waals surface area contributed by atoms with Crippen LogP contribution in [-0.2, 0) is 24.2 Å². The van der Waals surface area contributed by atoms with Crippen molar-refractivity contribution in [2.45, 2.75) is 26.3 Å². The molecule has 2 aromatic rings. The van der Waals surface area contributed by atoms with Crippen molar-refractivity contribution >= 4 is 53.1 Å². The van der Waals surface area contributed by atoms with E-state index >= 15 is 0 Å². The molecule has 168 valence electrons. The highest BCUT2D eigenvalue weighted by Gasteiger charge is 2.22. The molecular formula is C21H29IN6O2S. The summed E-state index contributed by atoms with van der Waals surface area (Å²) in [5.74, 6) is 0.493. The van der Waals surface area contributed by atoms with Gasteiger partial charge in [0, 0.05) is 56.3 Å². The van der Waals surface area contributed by atoms with Crippen LogP contribution in [0, 0.1) is 0 Å². The van der Waals surface area contributed by atoms with E-state index in [0.717, 1.165) is 35.9 Å². The largest absolute Gasteiger partial charge is 0.356 e. The van der Waals surface area contributed by atoms with Gasteiger partial charge in [-0.3, -0.25) is 14.6 Å². The van der Waals surface area contributed by atoms with Gasteiger partial charge >= 0.3 is 0 Å². The van der Waals surface area contributed by atoms with Crippen LogP contribution < -0.4 is 16.0 Å². The van der Waals surface area contributed by atoms with E-state index in [1.165, 1.54) is 4.88 Å². The maximum absolute atomic E-state index is 12.5. The average molecular weight is 556 g/mol. The molecule has 3 N–H and O–H groups in total. The Morgan fingerprint density at radius 3 is 2.71 bits per heavy atom. The molecule has 0 bridgehead atoms. The Hall–Kier alpha value is -2.21. The molecule has 8 nitrogen and oxygen atoms in total. The van der Waals surface area contributed by atoms with Gasteiger partial charge in [-0.2, -0.15) is 0 Å². The summed E-state index contributed by atoms with van der Waals surface area (Å²) in [6.45, 7) is 4.64. The molecule has 1 aromatic carbocycles. The minimum Gasteiger partial charge on any atom is -0.356 e. The van der Waals surface area contributed by atoms with Crippen LogP contribution in [0.25, 0.3) is 0 Å². The van der Waals surface area contributed by atoms with Crippen molar-refractivity contribution in [1.82, 2.24) is 25.8 Å². The fraction of sp³-hybridized carbons (Fsp3) is 0.429. The number of thiazole rings is 1. The molecule has 0 radical (unpaired) electrons. The minimum atomic E-state index is -0.116. The van der Waals surface area contributed by atoms with Crippen LogP contribution in [0.15, 0.2) is 35.5 Å². The predicted molar refractivity (Wildman–Crippen MR) is 134 cm³/mol. The van der Waals surface area contributed by atoms with Gasteiger partial charge in [-0.15, -0.1) is 35.3 Å². The Morgan fingerprint density at radius 1 is 1.29 bits per heavy atom. The first-order valence-corrected chi connectivity index (χ1v) is 10.9. The van der Waals surface area contributed by atoms with Gasteiger partial charge in [0.2, 0.25) is 5.91 Å². The molecular weight excluding hydrogens is 527 g/mol. The maximum Gasteiger partial charge on any atom is 0.254 e. The second-order valence-electron chi connectivity index (χ2n) is 6.95. The normalized spacial score (nSPS) is 13.9. The first kappa shape index (κ1) is 25.1. The van der Waals surface area contributed by atoms with Gasteiger partial charge in [-0.1, -0.05) is 19.1 Å². The number of piperazine rings is 1. The van der Waals surface area contributed by atoms with E-state index < -0.39 is 0 Å². The number of guanidine groups is 1. The van der Waals surface area contributed by atoms with E-state index in [4.69, 9.17) is 0 Å². The Balaban J connectivity index is 0.00000341. The van der Waals surface area contributed by atoms with Crippen molar-refractivity contribution in [1.29, 1.82) is 0 Å². The van der Waals surface area contributed by atoms with E-state index in [1.807, 2.05) is 18.3 Å². The summed E-state index contributed by atoms with van der Waals surface area (Å²) >= 11 is 1.75. The zero-order valence-electron chi connectivity index (χ0n) is 17.8. The Morgan fingerprint density at radius 2 is 2.06 bits per heavy atom. The number of carbonyl (C=O) groups is 2. The van der Waals surface area contributed by atoms with Gasteiger partial charge in [0.15, 0.2) is 5.96 Å². The number of nitrogens with zero attached hydrogens (tertiary/aromatic N) is 3. The molecule has 1 aliphatic rings. The first-order valence-electron chi connectivity index (χ1n) is 10.1. The molecule has 1 aromatic heterocycles. The number of hydrogen-bond acceptors (Lipinski definition) is 5. The molecule has 1 saturated heterocycles. The number of aliphatic imine (C=N–C) groups is 1. The zero-order valence-corrected chi connectivity index (χ0v) is 21.0.